The van der Waals surface area contributed by atoms with E-state index in [1.165, 1.54) is 70.6 Å². The molecule has 0 heterocycles. The second kappa shape index (κ2) is 7.53. The number of rotatable bonds is 9. The van der Waals surface area contributed by atoms with Gasteiger partial charge in [-0.2, -0.15) is 0 Å². The lowest BCUT2D eigenvalue weighted by Gasteiger charge is -2.42. The summed E-state index contributed by atoms with van der Waals surface area (Å²) in [5, 5.41) is 4.00. The Morgan fingerprint density at radius 2 is 1.83 bits per heavy atom. The molecule has 0 bridgehead atoms. The molecule has 2 aliphatic rings. The number of unbranched alkanes of at least 4 members (excludes halogenated alkanes) is 3. The van der Waals surface area contributed by atoms with Crippen LogP contribution in [0.3, 0.4) is 0 Å². The van der Waals surface area contributed by atoms with Gasteiger partial charge in [-0.3, -0.25) is 0 Å². The van der Waals surface area contributed by atoms with Gasteiger partial charge in [-0.25, -0.2) is 0 Å². The van der Waals surface area contributed by atoms with E-state index in [-0.39, 0.29) is 0 Å². The van der Waals surface area contributed by atoms with Gasteiger partial charge < -0.3 is 5.32 Å². The van der Waals surface area contributed by atoms with Crippen LogP contribution >= 0.6 is 0 Å². The minimum Gasteiger partial charge on any atom is -0.311 e. The summed E-state index contributed by atoms with van der Waals surface area (Å²) in [7, 11) is 0. The first kappa shape index (κ1) is 14.4. The second-order valence-electron chi connectivity index (χ2n) is 6.76. The molecular weight excluding hydrogens is 218 g/mol. The van der Waals surface area contributed by atoms with Crippen molar-refractivity contribution < 1.29 is 0 Å². The molecule has 1 heteroatoms. The van der Waals surface area contributed by atoms with Crippen LogP contribution in [0.4, 0.5) is 0 Å². The topological polar surface area (TPSA) is 12.0 Å². The molecule has 0 amide bonds. The van der Waals surface area contributed by atoms with E-state index in [0.29, 0.717) is 0 Å². The van der Waals surface area contributed by atoms with E-state index in [0.717, 1.165) is 23.9 Å². The molecule has 0 aromatic carbocycles. The van der Waals surface area contributed by atoms with Crippen molar-refractivity contribution in [3.8, 4) is 0 Å². The average molecular weight is 251 g/mol. The monoisotopic (exact) mass is 251 g/mol. The largest absolute Gasteiger partial charge is 0.311 e. The Labute approximate surface area is 114 Å². The number of nitrogens with one attached hydrogen (secondary N) is 1. The van der Waals surface area contributed by atoms with Crippen LogP contribution in [0, 0.1) is 11.8 Å². The highest BCUT2D eigenvalue weighted by atomic mass is 15.0. The fourth-order valence-electron chi connectivity index (χ4n) is 3.60. The molecule has 0 aromatic heterocycles. The molecular formula is C17H33N. The van der Waals surface area contributed by atoms with Gasteiger partial charge in [-0.15, -0.1) is 0 Å². The van der Waals surface area contributed by atoms with Crippen molar-refractivity contribution in [2.24, 2.45) is 11.8 Å². The van der Waals surface area contributed by atoms with Crippen molar-refractivity contribution >= 4 is 0 Å². The van der Waals surface area contributed by atoms with Gasteiger partial charge in [0.15, 0.2) is 0 Å². The summed E-state index contributed by atoms with van der Waals surface area (Å²) in [6.07, 6.45) is 15.9. The van der Waals surface area contributed by atoms with Gasteiger partial charge >= 0.3 is 0 Å². The predicted molar refractivity (Wildman–Crippen MR) is 79.8 cm³/mol. The highest BCUT2D eigenvalue weighted by Gasteiger charge is 2.33. The van der Waals surface area contributed by atoms with E-state index >= 15 is 0 Å². The summed E-state index contributed by atoms with van der Waals surface area (Å²) in [6.45, 7) is 4.65. The maximum atomic E-state index is 4.00. The van der Waals surface area contributed by atoms with Crippen LogP contribution in [0.5, 0.6) is 0 Å². The summed E-state index contributed by atoms with van der Waals surface area (Å²) in [5.41, 5.74) is 0. The Morgan fingerprint density at radius 3 is 2.39 bits per heavy atom. The Hall–Kier alpha value is -0.0400. The van der Waals surface area contributed by atoms with Gasteiger partial charge in [0.2, 0.25) is 0 Å². The van der Waals surface area contributed by atoms with Crippen molar-refractivity contribution in [2.75, 3.05) is 0 Å². The molecule has 0 aliphatic heterocycles. The van der Waals surface area contributed by atoms with Crippen molar-refractivity contribution in [2.45, 2.75) is 96.6 Å². The lowest BCUT2D eigenvalue weighted by atomic mass is 9.74. The Morgan fingerprint density at radius 1 is 1.06 bits per heavy atom. The molecule has 0 saturated heterocycles. The predicted octanol–water partition coefficient (Wildman–Crippen LogP) is 4.90. The first-order chi connectivity index (χ1) is 8.83. The molecule has 2 fully saturated rings. The fraction of sp³-hybridized carbons (Fsp3) is 1.00. The first-order valence-corrected chi connectivity index (χ1v) is 8.59. The van der Waals surface area contributed by atoms with Crippen molar-refractivity contribution in [1.29, 1.82) is 0 Å². The van der Waals surface area contributed by atoms with Gasteiger partial charge in [0.1, 0.15) is 0 Å². The molecule has 2 aliphatic carbocycles. The third-order valence-electron chi connectivity index (χ3n) is 5.35. The standard InChI is InChI=1S/C17H33N/c1-3-5-6-7-11-17(15-9-8-10-15)18-16-12-14(4-2)13-16/h14-18H,3-13H2,1-2H3. The van der Waals surface area contributed by atoms with Crippen molar-refractivity contribution in [1.82, 2.24) is 5.32 Å². The highest BCUT2D eigenvalue weighted by molar-refractivity contribution is 4.90. The van der Waals surface area contributed by atoms with E-state index in [1.54, 1.807) is 0 Å². The molecule has 0 spiro atoms. The van der Waals surface area contributed by atoms with Crippen LogP contribution < -0.4 is 5.32 Å². The number of hydrogen-bond donors (Lipinski definition) is 1. The van der Waals surface area contributed by atoms with Crippen molar-refractivity contribution in [3.63, 3.8) is 0 Å². The maximum Gasteiger partial charge on any atom is 0.00979 e. The molecule has 2 saturated carbocycles. The van der Waals surface area contributed by atoms with Crippen LogP contribution in [0.15, 0.2) is 0 Å². The second-order valence-corrected chi connectivity index (χ2v) is 6.76. The van der Waals surface area contributed by atoms with Crippen LogP contribution in [0.1, 0.15) is 84.5 Å². The molecule has 1 N–H and O–H groups in total. The molecule has 2 rings (SSSR count). The molecule has 1 unspecified atom stereocenters. The lowest BCUT2D eigenvalue weighted by Crippen LogP contribution is -2.50. The molecule has 18 heavy (non-hydrogen) atoms. The Bertz CT molecular complexity index is 216. The van der Waals surface area contributed by atoms with Gasteiger partial charge in [-0.05, 0) is 43.9 Å². The summed E-state index contributed by atoms with van der Waals surface area (Å²) >= 11 is 0. The van der Waals surface area contributed by atoms with E-state index in [1.807, 2.05) is 0 Å². The quantitative estimate of drug-likeness (QED) is 0.574. The van der Waals surface area contributed by atoms with Crippen LogP contribution in [-0.2, 0) is 0 Å². The van der Waals surface area contributed by atoms with Gasteiger partial charge in [-0.1, -0.05) is 52.4 Å². The first-order valence-electron chi connectivity index (χ1n) is 8.59. The summed E-state index contributed by atoms with van der Waals surface area (Å²) in [4.78, 5) is 0. The highest BCUT2D eigenvalue weighted by Crippen LogP contribution is 2.35. The fourth-order valence-corrected chi connectivity index (χ4v) is 3.60. The van der Waals surface area contributed by atoms with Crippen LogP contribution in [-0.4, -0.2) is 12.1 Å². The normalized spacial score (nSPS) is 29.7. The minimum atomic E-state index is 0.860. The number of hydrogen-bond acceptors (Lipinski definition) is 1. The zero-order valence-corrected chi connectivity index (χ0v) is 12.6. The third-order valence-corrected chi connectivity index (χ3v) is 5.35. The Balaban J connectivity index is 1.65. The summed E-state index contributed by atoms with van der Waals surface area (Å²) in [6, 6.07) is 1.73. The zero-order valence-electron chi connectivity index (χ0n) is 12.6. The molecule has 1 atom stereocenters. The molecule has 0 aromatic rings. The minimum absolute atomic E-state index is 0.860. The molecule has 0 radical (unpaired) electrons. The SMILES string of the molecule is CCCCCCC(NC1CC(CC)C1)C1CCC1. The average Bonchev–Trinajstić information content (AvgIpc) is 2.25. The lowest BCUT2D eigenvalue weighted by molar-refractivity contribution is 0.144. The molecule has 106 valence electrons. The van der Waals surface area contributed by atoms with Gasteiger partial charge in [0.25, 0.3) is 0 Å². The summed E-state index contributed by atoms with van der Waals surface area (Å²) in [5.74, 6) is 2.05. The van der Waals surface area contributed by atoms with E-state index in [9.17, 15) is 0 Å². The smallest absolute Gasteiger partial charge is 0.00979 e. The maximum absolute atomic E-state index is 4.00. The summed E-state index contributed by atoms with van der Waals surface area (Å²) < 4.78 is 0. The van der Waals surface area contributed by atoms with Gasteiger partial charge in [0, 0.05) is 12.1 Å². The van der Waals surface area contributed by atoms with Gasteiger partial charge in [0.05, 0.1) is 0 Å². The zero-order chi connectivity index (χ0) is 12.8. The molecule has 1 nitrogen and oxygen atoms in total. The third kappa shape index (κ3) is 3.98. The van der Waals surface area contributed by atoms with Crippen LogP contribution in [0.2, 0.25) is 0 Å². The Kier molecular flexibility index (Phi) is 6.01. The van der Waals surface area contributed by atoms with E-state index < -0.39 is 0 Å². The van der Waals surface area contributed by atoms with Crippen LogP contribution in [0.25, 0.3) is 0 Å². The van der Waals surface area contributed by atoms with Crippen molar-refractivity contribution in [3.05, 3.63) is 0 Å². The van der Waals surface area contributed by atoms with E-state index in [2.05, 4.69) is 19.2 Å². The van der Waals surface area contributed by atoms with E-state index in [4.69, 9.17) is 0 Å².